The first-order chi connectivity index (χ1) is 25.9. The van der Waals surface area contributed by atoms with Crippen LogP contribution in [0.15, 0.2) is 120 Å². The van der Waals surface area contributed by atoms with Crippen LogP contribution in [0.25, 0.3) is 39.5 Å². The average molecular weight is 723 g/mol. The Morgan fingerprint density at radius 2 is 1.60 bits per heavy atom. The van der Waals surface area contributed by atoms with Crippen molar-refractivity contribution in [2.75, 3.05) is 31.9 Å². The molecule has 0 saturated carbocycles. The summed E-state index contributed by atoms with van der Waals surface area (Å²) in [5, 5.41) is 9.05. The number of nitrogens with zero attached hydrogens (tertiary/aromatic N) is 7. The first kappa shape index (κ1) is 38.5. The second-order valence-electron chi connectivity index (χ2n) is 12.0. The van der Waals surface area contributed by atoms with Gasteiger partial charge in [0.15, 0.2) is 11.5 Å². The van der Waals surface area contributed by atoms with E-state index in [1.165, 1.54) is 17.3 Å². The molecule has 7 rings (SSSR count). The number of carbonyl (C=O) groups excluding carboxylic acids is 1. The number of nitrogens with two attached hydrogens (primary N) is 1. The van der Waals surface area contributed by atoms with Gasteiger partial charge in [0.1, 0.15) is 17.4 Å². The lowest BCUT2D eigenvalue weighted by Crippen LogP contribution is -2.48. The summed E-state index contributed by atoms with van der Waals surface area (Å²) in [7, 11) is 0. The number of fused-ring (bicyclic) bond motifs is 1. The number of pyridine rings is 2. The molecular weight excluding hydrogens is 677 g/mol. The molecule has 1 amide bonds. The number of aryl methyl sites for hydroxylation is 1. The number of aromatic nitrogens is 4. The standard InChI is InChI=1S/C39H34N8OS.2C2H6/c1-26-23-30(12-17-35(26)49-27(2)24-40)39(48)46-21-19-45(20-22-46)25-28-10-13-31(14-11-28)47-37(32-9-6-18-42-36(32)41)44-34-16-15-33(43-38(34)47)29-7-4-3-5-8-29;2*1-2/h3-18,23H,2,19-22,25H2,1H3,(H2,41,42);2*1-2H3. The number of benzene rings is 3. The Morgan fingerprint density at radius 3 is 2.26 bits per heavy atom. The predicted octanol–water partition coefficient (Wildman–Crippen LogP) is 9.18. The van der Waals surface area contributed by atoms with E-state index < -0.39 is 0 Å². The van der Waals surface area contributed by atoms with Crippen LogP contribution >= 0.6 is 11.8 Å². The molecule has 0 atom stereocenters. The van der Waals surface area contributed by atoms with Crippen molar-refractivity contribution in [2.24, 2.45) is 0 Å². The van der Waals surface area contributed by atoms with Gasteiger partial charge in [-0.2, -0.15) is 5.26 Å². The van der Waals surface area contributed by atoms with Gasteiger partial charge in [0, 0.05) is 60.6 Å². The van der Waals surface area contributed by atoms with Crippen LogP contribution in [0, 0.1) is 18.3 Å². The molecule has 1 aliphatic rings. The lowest BCUT2D eigenvalue weighted by Gasteiger charge is -2.35. The van der Waals surface area contributed by atoms with Crippen molar-refractivity contribution >= 4 is 34.7 Å². The van der Waals surface area contributed by atoms with Crippen LogP contribution in [0.2, 0.25) is 0 Å². The largest absolute Gasteiger partial charge is 0.383 e. The molecule has 2 N–H and O–H groups in total. The van der Waals surface area contributed by atoms with E-state index >= 15 is 0 Å². The number of carbonyl (C=O) groups is 1. The topological polar surface area (TPSA) is 117 Å². The number of thioether (sulfide) groups is 1. The zero-order chi connectivity index (χ0) is 37.9. The average Bonchev–Trinajstić information content (AvgIpc) is 3.59. The molecule has 4 heterocycles. The van der Waals surface area contributed by atoms with Gasteiger partial charge in [-0.3, -0.25) is 14.3 Å². The summed E-state index contributed by atoms with van der Waals surface area (Å²) in [6.07, 6.45) is 1.68. The van der Waals surface area contributed by atoms with Gasteiger partial charge in [-0.05, 0) is 72.6 Å². The zero-order valence-electron chi connectivity index (χ0n) is 31.1. The lowest BCUT2D eigenvalue weighted by molar-refractivity contribution is 0.0628. The Morgan fingerprint density at radius 1 is 0.887 bits per heavy atom. The summed E-state index contributed by atoms with van der Waals surface area (Å²) in [5.41, 5.74) is 14.2. The Kier molecular flexibility index (Phi) is 13.2. The molecule has 1 saturated heterocycles. The number of piperazine rings is 1. The normalized spacial score (nSPS) is 12.6. The highest BCUT2D eigenvalue weighted by Gasteiger charge is 2.23. The second-order valence-corrected chi connectivity index (χ2v) is 13.1. The van der Waals surface area contributed by atoms with E-state index in [0.29, 0.717) is 35.2 Å². The van der Waals surface area contributed by atoms with Gasteiger partial charge in [0.05, 0.1) is 16.2 Å². The van der Waals surface area contributed by atoms with Crippen LogP contribution in [0.1, 0.15) is 49.2 Å². The van der Waals surface area contributed by atoms with Gasteiger partial charge >= 0.3 is 0 Å². The van der Waals surface area contributed by atoms with E-state index in [1.807, 2.05) is 112 Å². The summed E-state index contributed by atoms with van der Waals surface area (Å²) >= 11 is 1.33. The van der Waals surface area contributed by atoms with Gasteiger partial charge in [-0.25, -0.2) is 15.0 Å². The fourth-order valence-electron chi connectivity index (χ4n) is 6.11. The van der Waals surface area contributed by atoms with Crippen molar-refractivity contribution in [3.8, 4) is 34.4 Å². The van der Waals surface area contributed by atoms with Gasteiger partial charge < -0.3 is 10.6 Å². The molecule has 53 heavy (non-hydrogen) atoms. The highest BCUT2D eigenvalue weighted by atomic mass is 32.2. The number of imidazole rings is 1. The monoisotopic (exact) mass is 722 g/mol. The maximum atomic E-state index is 13.3. The van der Waals surface area contributed by atoms with Crippen molar-refractivity contribution in [2.45, 2.75) is 46.1 Å². The quantitative estimate of drug-likeness (QED) is 0.122. The molecule has 1 aliphatic heterocycles. The number of nitrogen functional groups attached to an aromatic ring is 1. The Hall–Kier alpha value is -5.76. The van der Waals surface area contributed by atoms with Crippen molar-refractivity contribution < 1.29 is 4.79 Å². The predicted molar refractivity (Wildman–Crippen MR) is 218 cm³/mol. The Balaban J connectivity index is 0.00000131. The third-order valence-electron chi connectivity index (χ3n) is 8.69. The molecule has 10 heteroatoms. The number of hydrogen-bond acceptors (Lipinski definition) is 8. The second kappa shape index (κ2) is 18.1. The van der Waals surface area contributed by atoms with E-state index in [2.05, 4.69) is 51.4 Å². The fraction of sp³-hybridized carbons (Fsp3) is 0.233. The van der Waals surface area contributed by atoms with Gasteiger partial charge in [-0.1, -0.05) is 88.5 Å². The summed E-state index contributed by atoms with van der Waals surface area (Å²) in [6.45, 7) is 17.4. The number of allylic oxidation sites excluding steroid dienone is 1. The van der Waals surface area contributed by atoms with Gasteiger partial charge in [0.25, 0.3) is 5.91 Å². The number of nitriles is 1. The molecule has 3 aromatic heterocycles. The van der Waals surface area contributed by atoms with Gasteiger partial charge in [0.2, 0.25) is 0 Å². The molecular formula is C43H46N8OS. The SMILES string of the molecule is C=C(C#N)Sc1ccc(C(=O)N2CCN(Cc3ccc(-n4c(-c5cccnc5N)nc5ccc(-c6ccccc6)nc54)cc3)CC2)cc1C.CC.CC. The minimum atomic E-state index is 0.0319. The van der Waals surface area contributed by atoms with Gasteiger partial charge in [-0.15, -0.1) is 0 Å². The smallest absolute Gasteiger partial charge is 0.253 e. The minimum absolute atomic E-state index is 0.0319. The maximum absolute atomic E-state index is 13.3. The summed E-state index contributed by atoms with van der Waals surface area (Å²) in [4.78, 5) is 33.3. The van der Waals surface area contributed by atoms with Crippen molar-refractivity contribution in [1.29, 1.82) is 5.26 Å². The maximum Gasteiger partial charge on any atom is 0.253 e. The number of hydrogen-bond donors (Lipinski definition) is 1. The molecule has 1 fully saturated rings. The molecule has 6 aromatic rings. The van der Waals surface area contributed by atoms with Crippen LogP contribution in [0.5, 0.6) is 0 Å². The van der Waals surface area contributed by atoms with Crippen LogP contribution < -0.4 is 5.73 Å². The van der Waals surface area contributed by atoms with Crippen molar-refractivity contribution in [1.82, 2.24) is 29.3 Å². The van der Waals surface area contributed by atoms with Crippen LogP contribution in [-0.2, 0) is 6.54 Å². The summed E-state index contributed by atoms with van der Waals surface area (Å²) in [5.74, 6) is 1.12. The fourth-order valence-corrected chi connectivity index (χ4v) is 6.78. The molecule has 9 nitrogen and oxygen atoms in total. The molecule has 0 unspecified atom stereocenters. The number of amides is 1. The number of rotatable bonds is 8. The van der Waals surface area contributed by atoms with Crippen LogP contribution in [0.3, 0.4) is 0 Å². The summed E-state index contributed by atoms with van der Waals surface area (Å²) < 4.78 is 2.05. The highest BCUT2D eigenvalue weighted by molar-refractivity contribution is 8.03. The number of anilines is 1. The molecule has 0 bridgehead atoms. The van der Waals surface area contributed by atoms with E-state index in [-0.39, 0.29) is 5.91 Å². The third-order valence-corrected chi connectivity index (χ3v) is 9.71. The van der Waals surface area contributed by atoms with Crippen LogP contribution in [0.4, 0.5) is 5.82 Å². The molecule has 0 radical (unpaired) electrons. The van der Waals surface area contributed by atoms with Crippen LogP contribution in [-0.4, -0.2) is 61.4 Å². The first-order valence-electron chi connectivity index (χ1n) is 18.0. The van der Waals surface area contributed by atoms with E-state index in [0.717, 1.165) is 63.8 Å². The van der Waals surface area contributed by atoms with Crippen molar-refractivity contribution in [3.63, 3.8) is 0 Å². The zero-order valence-corrected chi connectivity index (χ0v) is 31.9. The Bertz CT molecular complexity index is 2220. The third kappa shape index (κ3) is 8.83. The minimum Gasteiger partial charge on any atom is -0.383 e. The highest BCUT2D eigenvalue weighted by Crippen LogP contribution is 2.32. The first-order valence-corrected chi connectivity index (χ1v) is 18.8. The van der Waals surface area contributed by atoms with Crippen molar-refractivity contribution in [3.05, 3.63) is 131 Å². The van der Waals surface area contributed by atoms with E-state index in [1.54, 1.807) is 6.20 Å². The molecule has 0 spiro atoms. The molecule has 0 aliphatic carbocycles. The van der Waals surface area contributed by atoms with E-state index in [4.69, 9.17) is 21.0 Å². The summed E-state index contributed by atoms with van der Waals surface area (Å²) in [6, 6.07) is 34.1. The molecule has 3 aromatic carbocycles. The lowest BCUT2D eigenvalue weighted by atomic mass is 10.1. The molecule has 270 valence electrons. The van der Waals surface area contributed by atoms with E-state index in [9.17, 15) is 4.79 Å². The Labute approximate surface area is 316 Å².